The molecule has 7 nitrogen and oxygen atoms in total. The summed E-state index contributed by atoms with van der Waals surface area (Å²) in [4.78, 5) is 29.1. The van der Waals surface area contributed by atoms with Gasteiger partial charge >= 0.3 is 0 Å². The van der Waals surface area contributed by atoms with Gasteiger partial charge in [-0.15, -0.1) is 0 Å². The number of Topliss-reactive ketones (excluding diaryl/α,β-unsaturated/α-hetero) is 2. The summed E-state index contributed by atoms with van der Waals surface area (Å²) in [5.41, 5.74) is 0.955. The number of thiazole rings is 1. The zero-order valence-electron chi connectivity index (χ0n) is 16.6. The molecule has 1 fully saturated rings. The zero-order chi connectivity index (χ0) is 21.0. The van der Waals surface area contributed by atoms with Crippen LogP contribution in [0, 0.1) is 6.92 Å². The van der Waals surface area contributed by atoms with Crippen molar-refractivity contribution in [2.45, 2.75) is 44.4 Å². The zero-order valence-corrected chi connectivity index (χ0v) is 18.2. The fourth-order valence-electron chi connectivity index (χ4n) is 3.32. The Kier molecular flexibility index (Phi) is 6.81. The number of aromatic nitrogens is 1. The molecule has 1 aliphatic heterocycles. The molecule has 29 heavy (non-hydrogen) atoms. The van der Waals surface area contributed by atoms with Crippen LogP contribution in [0.5, 0.6) is 0 Å². The Hall–Kier alpha value is -2.10. The fourth-order valence-corrected chi connectivity index (χ4v) is 5.74. The number of aryl methyl sites for hydroxylation is 1. The Balaban J connectivity index is 1.72. The number of hydrogen-bond donors (Lipinski definition) is 1. The van der Waals surface area contributed by atoms with Crippen molar-refractivity contribution in [1.82, 2.24) is 9.29 Å². The highest BCUT2D eigenvalue weighted by Crippen LogP contribution is 2.24. The van der Waals surface area contributed by atoms with Gasteiger partial charge in [-0.1, -0.05) is 36.3 Å². The molecule has 2 heterocycles. The average Bonchev–Trinajstić information content (AvgIpc) is 2.89. The Labute approximate surface area is 175 Å². The van der Waals surface area contributed by atoms with Crippen molar-refractivity contribution in [2.24, 2.45) is 0 Å². The summed E-state index contributed by atoms with van der Waals surface area (Å²) >= 11 is 1.21. The van der Waals surface area contributed by atoms with Crippen molar-refractivity contribution in [3.8, 4) is 0 Å². The molecule has 0 radical (unpaired) electrons. The van der Waals surface area contributed by atoms with Gasteiger partial charge in [0, 0.05) is 25.6 Å². The molecule has 1 saturated heterocycles. The summed E-state index contributed by atoms with van der Waals surface area (Å²) in [6.45, 7) is 4.23. The number of ketones is 2. The second kappa shape index (κ2) is 9.15. The number of sulfonamides is 1. The van der Waals surface area contributed by atoms with E-state index in [2.05, 4.69) is 10.3 Å². The molecule has 0 saturated carbocycles. The van der Waals surface area contributed by atoms with Crippen molar-refractivity contribution in [2.75, 3.05) is 25.0 Å². The van der Waals surface area contributed by atoms with Crippen LogP contribution in [-0.2, 0) is 10.0 Å². The number of hydrogen-bond acceptors (Lipinski definition) is 7. The van der Waals surface area contributed by atoms with Gasteiger partial charge in [0.25, 0.3) is 0 Å². The molecular weight excluding hydrogens is 410 g/mol. The van der Waals surface area contributed by atoms with Crippen LogP contribution in [-0.4, -0.2) is 48.9 Å². The van der Waals surface area contributed by atoms with E-state index in [0.29, 0.717) is 34.4 Å². The van der Waals surface area contributed by atoms with Crippen molar-refractivity contribution >= 4 is 38.1 Å². The summed E-state index contributed by atoms with van der Waals surface area (Å²) < 4.78 is 27.4. The molecule has 0 amide bonds. The summed E-state index contributed by atoms with van der Waals surface area (Å²) in [7, 11) is -3.61. The van der Waals surface area contributed by atoms with Crippen molar-refractivity contribution in [3.05, 3.63) is 40.4 Å². The summed E-state index contributed by atoms with van der Waals surface area (Å²) in [5, 5.41) is 3.43. The standard InChI is InChI=1S/C20H25N3O4S2/c1-14-19(15(2)24)28-20(22-14)21-13-18(25)16-8-7-9-17(12-16)29(26,27)23-10-5-3-4-6-11-23/h7-9,12H,3-6,10-11,13H2,1-2H3,(H,21,22). The van der Waals surface area contributed by atoms with Crippen LogP contribution in [0.1, 0.15) is 58.3 Å². The van der Waals surface area contributed by atoms with Crippen LogP contribution in [0.2, 0.25) is 0 Å². The fraction of sp³-hybridized carbons (Fsp3) is 0.450. The molecule has 3 rings (SSSR count). The van der Waals surface area contributed by atoms with Gasteiger partial charge in [0.1, 0.15) is 0 Å². The largest absolute Gasteiger partial charge is 0.354 e. The molecule has 0 bridgehead atoms. The molecule has 0 aliphatic carbocycles. The van der Waals surface area contributed by atoms with Crippen LogP contribution in [0.3, 0.4) is 0 Å². The maximum absolute atomic E-state index is 13.0. The van der Waals surface area contributed by atoms with E-state index in [1.165, 1.54) is 34.7 Å². The predicted molar refractivity (Wildman–Crippen MR) is 113 cm³/mol. The molecule has 156 valence electrons. The number of nitrogens with one attached hydrogen (secondary N) is 1. The molecule has 0 unspecified atom stereocenters. The Bertz CT molecular complexity index is 1010. The molecule has 1 aromatic heterocycles. The Morgan fingerprint density at radius 2 is 1.86 bits per heavy atom. The third kappa shape index (κ3) is 5.09. The quantitative estimate of drug-likeness (QED) is 0.669. The monoisotopic (exact) mass is 435 g/mol. The number of anilines is 1. The van der Waals surface area contributed by atoms with E-state index in [0.717, 1.165) is 25.7 Å². The van der Waals surface area contributed by atoms with Gasteiger partial charge in [-0.3, -0.25) is 9.59 Å². The molecule has 0 atom stereocenters. The molecule has 1 N–H and O–H groups in total. The second-order valence-corrected chi connectivity index (χ2v) is 10.0. The van der Waals surface area contributed by atoms with Gasteiger partial charge in [0.15, 0.2) is 16.7 Å². The van der Waals surface area contributed by atoms with Crippen molar-refractivity contribution in [3.63, 3.8) is 0 Å². The van der Waals surface area contributed by atoms with Crippen LogP contribution in [0.25, 0.3) is 0 Å². The lowest BCUT2D eigenvalue weighted by atomic mass is 10.1. The van der Waals surface area contributed by atoms with Crippen molar-refractivity contribution in [1.29, 1.82) is 0 Å². The van der Waals surface area contributed by atoms with E-state index < -0.39 is 10.0 Å². The highest BCUT2D eigenvalue weighted by atomic mass is 32.2. The van der Waals surface area contributed by atoms with Crippen LogP contribution >= 0.6 is 11.3 Å². The molecule has 9 heteroatoms. The average molecular weight is 436 g/mol. The maximum Gasteiger partial charge on any atom is 0.243 e. The minimum atomic E-state index is -3.61. The first-order chi connectivity index (χ1) is 13.8. The SMILES string of the molecule is CC(=O)c1sc(NCC(=O)c2cccc(S(=O)(=O)N3CCCCCC3)c2)nc1C. The van der Waals surface area contributed by atoms with Crippen LogP contribution < -0.4 is 5.32 Å². The number of rotatable bonds is 7. The van der Waals surface area contributed by atoms with E-state index >= 15 is 0 Å². The van der Waals surface area contributed by atoms with Gasteiger partial charge in [0.05, 0.1) is 22.0 Å². The van der Waals surface area contributed by atoms with Gasteiger partial charge < -0.3 is 5.32 Å². The first kappa shape index (κ1) is 21.6. The Morgan fingerprint density at radius 3 is 2.48 bits per heavy atom. The van der Waals surface area contributed by atoms with Gasteiger partial charge in [0.2, 0.25) is 10.0 Å². The van der Waals surface area contributed by atoms with E-state index in [9.17, 15) is 18.0 Å². The second-order valence-electron chi connectivity index (χ2n) is 7.11. The number of carbonyl (C=O) groups excluding carboxylic acids is 2. The molecule has 0 spiro atoms. The van der Waals surface area contributed by atoms with E-state index in [1.54, 1.807) is 19.1 Å². The normalized spacial score (nSPS) is 15.7. The highest BCUT2D eigenvalue weighted by Gasteiger charge is 2.25. The maximum atomic E-state index is 13.0. The summed E-state index contributed by atoms with van der Waals surface area (Å²) in [6.07, 6.45) is 3.80. The third-order valence-corrected chi connectivity index (χ3v) is 7.99. The lowest BCUT2D eigenvalue weighted by Gasteiger charge is -2.20. The third-order valence-electron chi connectivity index (χ3n) is 4.88. The Morgan fingerprint density at radius 1 is 1.17 bits per heavy atom. The molecule has 2 aromatic rings. The van der Waals surface area contributed by atoms with Gasteiger partial charge in [-0.05, 0) is 31.9 Å². The van der Waals surface area contributed by atoms with Crippen molar-refractivity contribution < 1.29 is 18.0 Å². The number of nitrogens with zero attached hydrogens (tertiary/aromatic N) is 2. The number of carbonyl (C=O) groups is 2. The summed E-state index contributed by atoms with van der Waals surface area (Å²) in [6, 6.07) is 6.19. The first-order valence-electron chi connectivity index (χ1n) is 9.64. The minimum Gasteiger partial charge on any atom is -0.354 e. The van der Waals surface area contributed by atoms with E-state index in [4.69, 9.17) is 0 Å². The van der Waals surface area contributed by atoms with E-state index in [1.807, 2.05) is 0 Å². The lowest BCUT2D eigenvalue weighted by molar-refractivity contribution is 0.100. The van der Waals surface area contributed by atoms with Gasteiger partial charge in [-0.25, -0.2) is 13.4 Å². The molecule has 1 aromatic carbocycles. The minimum absolute atomic E-state index is 0.0302. The van der Waals surface area contributed by atoms with Gasteiger partial charge in [-0.2, -0.15) is 4.31 Å². The highest BCUT2D eigenvalue weighted by molar-refractivity contribution is 7.89. The smallest absolute Gasteiger partial charge is 0.243 e. The molecular formula is C20H25N3O4S2. The van der Waals surface area contributed by atoms with E-state index in [-0.39, 0.29) is 23.0 Å². The number of benzene rings is 1. The van der Waals surface area contributed by atoms with Crippen LogP contribution in [0.4, 0.5) is 5.13 Å². The molecule has 1 aliphatic rings. The van der Waals surface area contributed by atoms with Crippen LogP contribution in [0.15, 0.2) is 29.2 Å². The first-order valence-corrected chi connectivity index (χ1v) is 11.9. The predicted octanol–water partition coefficient (Wildman–Crippen LogP) is 3.51. The topological polar surface area (TPSA) is 96.4 Å². The summed E-state index contributed by atoms with van der Waals surface area (Å²) in [5.74, 6) is -0.305. The lowest BCUT2D eigenvalue weighted by Crippen LogP contribution is -2.32.